The molecule has 4 aromatic rings. The number of fused-ring (bicyclic) bond motifs is 1. The number of pyridine rings is 1. The molecule has 1 fully saturated rings. The van der Waals surface area contributed by atoms with E-state index in [-0.39, 0.29) is 0 Å². The van der Waals surface area contributed by atoms with Crippen molar-refractivity contribution in [2.45, 2.75) is 20.0 Å². The summed E-state index contributed by atoms with van der Waals surface area (Å²) in [7, 11) is 1.62. The maximum absolute atomic E-state index is 5.22. The third-order valence-electron chi connectivity index (χ3n) is 6.48. The van der Waals surface area contributed by atoms with Gasteiger partial charge in [-0.2, -0.15) is 0 Å². The molecule has 0 spiro atoms. The number of rotatable bonds is 8. The number of hydrogen-bond acceptors (Lipinski definition) is 7. The topological polar surface area (TPSA) is 82.2 Å². The zero-order chi connectivity index (χ0) is 23.3. The molecule has 1 saturated heterocycles. The van der Waals surface area contributed by atoms with Gasteiger partial charge in [0, 0.05) is 57.2 Å². The Hall–Kier alpha value is -3.49. The highest BCUT2D eigenvalue weighted by Gasteiger charge is 2.16. The summed E-state index contributed by atoms with van der Waals surface area (Å²) in [4.78, 5) is 21.5. The molecule has 0 unspecified atom stereocenters. The fourth-order valence-corrected chi connectivity index (χ4v) is 4.41. The number of nitrogens with one attached hydrogen (secondary N) is 2. The lowest BCUT2D eigenvalue weighted by atomic mass is 10.1. The van der Waals surface area contributed by atoms with Gasteiger partial charge in [-0.1, -0.05) is 31.2 Å². The van der Waals surface area contributed by atoms with Crippen LogP contribution >= 0.6 is 0 Å². The normalized spacial score (nSPS) is 15.0. The molecule has 34 heavy (non-hydrogen) atoms. The molecule has 176 valence electrons. The van der Waals surface area contributed by atoms with Crippen LogP contribution < -0.4 is 10.1 Å². The van der Waals surface area contributed by atoms with Crippen LogP contribution in [-0.2, 0) is 13.1 Å². The molecule has 0 radical (unpaired) electrons. The van der Waals surface area contributed by atoms with Gasteiger partial charge in [-0.25, -0.2) is 15.0 Å². The number of nitrogens with zero attached hydrogens (tertiary/aromatic N) is 5. The zero-order valence-corrected chi connectivity index (χ0v) is 19.8. The maximum Gasteiger partial charge on any atom is 0.213 e. The molecule has 1 aromatic carbocycles. The quantitative estimate of drug-likeness (QED) is 0.417. The van der Waals surface area contributed by atoms with E-state index in [1.807, 2.05) is 12.1 Å². The summed E-state index contributed by atoms with van der Waals surface area (Å²) in [5.74, 6) is 1.40. The highest BCUT2D eigenvalue weighted by atomic mass is 16.5. The Balaban J connectivity index is 1.28. The monoisotopic (exact) mass is 457 g/mol. The molecular formula is C26H31N7O. The van der Waals surface area contributed by atoms with Gasteiger partial charge >= 0.3 is 0 Å². The first-order chi connectivity index (χ1) is 16.7. The molecule has 0 amide bonds. The molecule has 2 N–H and O–H groups in total. The number of aromatic nitrogens is 4. The molecule has 0 atom stereocenters. The van der Waals surface area contributed by atoms with Crippen LogP contribution in [0.4, 0.5) is 5.82 Å². The smallest absolute Gasteiger partial charge is 0.213 e. The van der Waals surface area contributed by atoms with Crippen LogP contribution in [0.2, 0.25) is 0 Å². The molecular weight excluding hydrogens is 426 g/mol. The van der Waals surface area contributed by atoms with E-state index in [0.717, 1.165) is 72.9 Å². The van der Waals surface area contributed by atoms with Crippen molar-refractivity contribution in [1.82, 2.24) is 29.7 Å². The van der Waals surface area contributed by atoms with Crippen molar-refractivity contribution < 1.29 is 4.74 Å². The Morgan fingerprint density at radius 2 is 1.74 bits per heavy atom. The third kappa shape index (κ3) is 5.03. The van der Waals surface area contributed by atoms with Crippen molar-refractivity contribution in [3.05, 3.63) is 66.1 Å². The predicted octanol–water partition coefficient (Wildman–Crippen LogP) is 3.78. The number of H-pyrrole nitrogens is 1. The fraction of sp³-hybridized carbons (Fsp3) is 0.346. The van der Waals surface area contributed by atoms with Gasteiger partial charge in [-0.15, -0.1) is 0 Å². The van der Waals surface area contributed by atoms with Gasteiger partial charge < -0.3 is 19.9 Å². The van der Waals surface area contributed by atoms with Crippen LogP contribution in [0, 0.1) is 0 Å². The Kier molecular flexibility index (Phi) is 6.69. The van der Waals surface area contributed by atoms with Crippen molar-refractivity contribution in [3.63, 3.8) is 0 Å². The molecule has 0 bridgehead atoms. The van der Waals surface area contributed by atoms with E-state index >= 15 is 0 Å². The van der Waals surface area contributed by atoms with Gasteiger partial charge in [0.15, 0.2) is 0 Å². The molecule has 1 aliphatic heterocycles. The minimum absolute atomic E-state index is 0.600. The Bertz CT molecular complexity index is 1230. The number of hydrogen-bond donors (Lipinski definition) is 2. The van der Waals surface area contributed by atoms with E-state index in [0.29, 0.717) is 12.4 Å². The van der Waals surface area contributed by atoms with Crippen LogP contribution in [-0.4, -0.2) is 69.6 Å². The second kappa shape index (κ2) is 10.2. The first-order valence-electron chi connectivity index (χ1n) is 11.8. The molecule has 8 heteroatoms. The minimum atomic E-state index is 0.600. The van der Waals surface area contributed by atoms with Crippen LogP contribution in [0.3, 0.4) is 0 Å². The van der Waals surface area contributed by atoms with Crippen LogP contribution in [0.5, 0.6) is 5.88 Å². The van der Waals surface area contributed by atoms with E-state index in [9.17, 15) is 0 Å². The molecule has 0 saturated carbocycles. The molecule has 4 heterocycles. The molecule has 5 rings (SSSR count). The lowest BCUT2D eigenvalue weighted by Gasteiger charge is -2.34. The lowest BCUT2D eigenvalue weighted by molar-refractivity contribution is 0.132. The number of ether oxygens (including phenoxy) is 1. The summed E-state index contributed by atoms with van der Waals surface area (Å²) in [5, 5.41) is 4.39. The second-order valence-corrected chi connectivity index (χ2v) is 8.63. The average molecular weight is 458 g/mol. The third-order valence-corrected chi connectivity index (χ3v) is 6.48. The number of piperazine rings is 1. The highest BCUT2D eigenvalue weighted by molar-refractivity contribution is 5.91. The minimum Gasteiger partial charge on any atom is -0.481 e. The molecule has 8 nitrogen and oxygen atoms in total. The van der Waals surface area contributed by atoms with Gasteiger partial charge in [0.25, 0.3) is 0 Å². The summed E-state index contributed by atoms with van der Waals surface area (Å²) in [6.07, 6.45) is 3.33. The average Bonchev–Trinajstić information content (AvgIpc) is 3.33. The molecule has 1 aliphatic rings. The number of benzene rings is 1. The van der Waals surface area contributed by atoms with Gasteiger partial charge in [0.2, 0.25) is 5.88 Å². The Labute approximate surface area is 200 Å². The standard InChI is InChI=1S/C26H31N7O/c1-3-32-10-12-33(13-11-32)17-19-4-6-21(7-5-19)23-15-22-25(29-18-30-26(22)31-23)28-16-20-8-9-27-24(14-20)34-2/h4-9,14-15,18H,3,10-13,16-17H2,1-2H3,(H2,28,29,30,31). The van der Waals surface area contributed by atoms with Crippen LogP contribution in [0.25, 0.3) is 22.3 Å². The summed E-state index contributed by atoms with van der Waals surface area (Å²) in [6.45, 7) is 9.60. The Morgan fingerprint density at radius 1 is 0.941 bits per heavy atom. The summed E-state index contributed by atoms with van der Waals surface area (Å²) in [6, 6.07) is 14.8. The van der Waals surface area contributed by atoms with Gasteiger partial charge in [-0.05, 0) is 35.4 Å². The maximum atomic E-state index is 5.22. The summed E-state index contributed by atoms with van der Waals surface area (Å²) < 4.78 is 5.22. The molecule has 3 aromatic heterocycles. The first-order valence-corrected chi connectivity index (χ1v) is 11.8. The van der Waals surface area contributed by atoms with E-state index in [2.05, 4.69) is 72.3 Å². The number of aromatic amines is 1. The SMILES string of the molecule is CCN1CCN(Cc2ccc(-c3cc4c(NCc5ccnc(OC)c5)ncnc4[nH]3)cc2)CC1. The van der Waals surface area contributed by atoms with Gasteiger partial charge in [0.1, 0.15) is 17.8 Å². The van der Waals surface area contributed by atoms with E-state index in [1.165, 1.54) is 5.56 Å². The lowest BCUT2D eigenvalue weighted by Crippen LogP contribution is -2.45. The number of likely N-dealkylation sites (N-methyl/N-ethyl adjacent to an activating group) is 1. The van der Waals surface area contributed by atoms with Gasteiger partial charge in [-0.3, -0.25) is 4.90 Å². The largest absolute Gasteiger partial charge is 0.481 e. The number of anilines is 1. The number of methoxy groups -OCH3 is 1. The van der Waals surface area contributed by atoms with Crippen LogP contribution in [0.15, 0.2) is 55.0 Å². The Morgan fingerprint density at radius 3 is 2.50 bits per heavy atom. The van der Waals surface area contributed by atoms with Crippen molar-refractivity contribution in [1.29, 1.82) is 0 Å². The predicted molar refractivity (Wildman–Crippen MR) is 135 cm³/mol. The highest BCUT2D eigenvalue weighted by Crippen LogP contribution is 2.27. The fourth-order valence-electron chi connectivity index (χ4n) is 4.41. The van der Waals surface area contributed by atoms with Crippen molar-refractivity contribution in [3.8, 4) is 17.1 Å². The van der Waals surface area contributed by atoms with E-state index in [1.54, 1.807) is 19.6 Å². The zero-order valence-electron chi connectivity index (χ0n) is 19.8. The summed E-state index contributed by atoms with van der Waals surface area (Å²) >= 11 is 0. The van der Waals surface area contributed by atoms with Gasteiger partial charge in [0.05, 0.1) is 12.5 Å². The summed E-state index contributed by atoms with van der Waals surface area (Å²) in [5.41, 5.74) is 5.41. The van der Waals surface area contributed by atoms with Crippen molar-refractivity contribution in [2.24, 2.45) is 0 Å². The van der Waals surface area contributed by atoms with Crippen LogP contribution in [0.1, 0.15) is 18.1 Å². The first kappa shape index (κ1) is 22.3. The van der Waals surface area contributed by atoms with E-state index < -0.39 is 0 Å². The van der Waals surface area contributed by atoms with E-state index in [4.69, 9.17) is 4.74 Å². The molecule has 0 aliphatic carbocycles. The van der Waals surface area contributed by atoms with Crippen molar-refractivity contribution >= 4 is 16.9 Å². The second-order valence-electron chi connectivity index (χ2n) is 8.63. The van der Waals surface area contributed by atoms with Crippen molar-refractivity contribution in [2.75, 3.05) is 45.2 Å².